The van der Waals surface area contributed by atoms with E-state index in [-0.39, 0.29) is 0 Å². The summed E-state index contributed by atoms with van der Waals surface area (Å²) in [5.74, 6) is -1.43. The minimum Gasteiger partial charge on any atom is -0.481 e. The highest BCUT2D eigenvalue weighted by molar-refractivity contribution is 7.91. The molecule has 2 fully saturated rings. The van der Waals surface area contributed by atoms with Crippen molar-refractivity contribution in [3.05, 3.63) is 0 Å². The van der Waals surface area contributed by atoms with E-state index >= 15 is 0 Å². The van der Waals surface area contributed by atoms with Crippen molar-refractivity contribution < 1.29 is 18.3 Å². The van der Waals surface area contributed by atoms with Gasteiger partial charge in [0.05, 0.1) is 11.2 Å². The molecule has 0 aromatic heterocycles. The van der Waals surface area contributed by atoms with Gasteiger partial charge in [-0.05, 0) is 12.8 Å². The number of sulfone groups is 1. The Kier molecular flexibility index (Phi) is 2.74. The van der Waals surface area contributed by atoms with E-state index in [1.807, 2.05) is 0 Å². The van der Waals surface area contributed by atoms with Gasteiger partial charge in [0, 0.05) is 24.8 Å². The Morgan fingerprint density at radius 3 is 2.75 bits per heavy atom. The van der Waals surface area contributed by atoms with E-state index in [1.54, 1.807) is 0 Å². The van der Waals surface area contributed by atoms with Crippen LogP contribution in [0.4, 0.5) is 0 Å². The SMILES string of the molecule is CS(=O)(=O)C1CCCC12CNCC2C(=O)O. The first-order chi connectivity index (χ1) is 7.38. The predicted octanol–water partition coefficient (Wildman–Crippen LogP) is -0.126. The fourth-order valence-corrected chi connectivity index (χ4v) is 5.23. The molecule has 1 aliphatic carbocycles. The first-order valence-electron chi connectivity index (χ1n) is 5.50. The Labute approximate surface area is 95.1 Å². The van der Waals surface area contributed by atoms with Crippen LogP contribution in [0, 0.1) is 11.3 Å². The maximum absolute atomic E-state index is 11.7. The minimum absolute atomic E-state index is 0.390. The van der Waals surface area contributed by atoms with Crippen LogP contribution in [0.5, 0.6) is 0 Å². The molecule has 0 radical (unpaired) electrons. The smallest absolute Gasteiger partial charge is 0.308 e. The third kappa shape index (κ3) is 1.64. The van der Waals surface area contributed by atoms with Crippen LogP contribution in [-0.2, 0) is 14.6 Å². The number of hydrogen-bond acceptors (Lipinski definition) is 4. The van der Waals surface area contributed by atoms with E-state index in [1.165, 1.54) is 6.26 Å². The number of carboxylic acid groups (broad SMARTS) is 1. The maximum Gasteiger partial charge on any atom is 0.308 e. The average molecular weight is 247 g/mol. The highest BCUT2D eigenvalue weighted by Gasteiger charge is 2.57. The molecule has 0 amide bonds. The molecule has 5 nitrogen and oxygen atoms in total. The molecule has 0 aromatic carbocycles. The van der Waals surface area contributed by atoms with Gasteiger partial charge in [-0.2, -0.15) is 0 Å². The molecular weight excluding hydrogens is 230 g/mol. The molecule has 2 rings (SSSR count). The van der Waals surface area contributed by atoms with E-state index < -0.39 is 32.4 Å². The fourth-order valence-electron chi connectivity index (χ4n) is 3.42. The highest BCUT2D eigenvalue weighted by Crippen LogP contribution is 2.49. The Bertz CT molecular complexity index is 401. The molecule has 3 atom stereocenters. The summed E-state index contributed by atoms with van der Waals surface area (Å²) >= 11 is 0. The van der Waals surface area contributed by atoms with Crippen molar-refractivity contribution in [3.63, 3.8) is 0 Å². The number of aliphatic carboxylic acids is 1. The summed E-state index contributed by atoms with van der Waals surface area (Å²) in [6.07, 6.45) is 3.34. The first kappa shape index (κ1) is 11.9. The summed E-state index contributed by atoms with van der Waals surface area (Å²) in [5, 5.41) is 11.7. The van der Waals surface area contributed by atoms with Gasteiger partial charge in [0.2, 0.25) is 0 Å². The van der Waals surface area contributed by atoms with Crippen LogP contribution in [0.1, 0.15) is 19.3 Å². The van der Waals surface area contributed by atoms with Crippen molar-refractivity contribution in [2.75, 3.05) is 19.3 Å². The van der Waals surface area contributed by atoms with Crippen LogP contribution in [0.25, 0.3) is 0 Å². The van der Waals surface area contributed by atoms with Crippen LogP contribution in [0.15, 0.2) is 0 Å². The lowest BCUT2D eigenvalue weighted by atomic mass is 9.76. The Hall–Kier alpha value is -0.620. The molecule has 1 heterocycles. The van der Waals surface area contributed by atoms with Crippen molar-refractivity contribution >= 4 is 15.8 Å². The number of rotatable bonds is 2. The Balaban J connectivity index is 2.39. The van der Waals surface area contributed by atoms with Gasteiger partial charge in [0.25, 0.3) is 0 Å². The van der Waals surface area contributed by atoms with Gasteiger partial charge in [-0.25, -0.2) is 8.42 Å². The molecule has 16 heavy (non-hydrogen) atoms. The standard InChI is InChI=1S/C10H17NO4S/c1-16(14,15)8-3-2-4-10(8)6-11-5-7(10)9(12)13/h7-8,11H,2-6H2,1H3,(H,12,13). The topological polar surface area (TPSA) is 83.5 Å². The summed E-state index contributed by atoms with van der Waals surface area (Å²) in [7, 11) is -3.16. The van der Waals surface area contributed by atoms with E-state index in [0.29, 0.717) is 25.9 Å². The van der Waals surface area contributed by atoms with Crippen molar-refractivity contribution in [1.29, 1.82) is 0 Å². The van der Waals surface area contributed by atoms with Crippen LogP contribution >= 0.6 is 0 Å². The summed E-state index contributed by atoms with van der Waals surface area (Å²) < 4.78 is 23.5. The molecule has 2 aliphatic rings. The molecule has 1 saturated heterocycles. The third-order valence-electron chi connectivity index (χ3n) is 4.06. The van der Waals surface area contributed by atoms with Crippen molar-refractivity contribution in [3.8, 4) is 0 Å². The first-order valence-corrected chi connectivity index (χ1v) is 7.46. The van der Waals surface area contributed by atoms with Gasteiger partial charge in [-0.3, -0.25) is 4.79 Å². The van der Waals surface area contributed by atoms with Crippen LogP contribution in [0.2, 0.25) is 0 Å². The zero-order chi connectivity index (χ0) is 12.0. The van der Waals surface area contributed by atoms with Crippen molar-refractivity contribution in [2.24, 2.45) is 11.3 Å². The predicted molar refractivity (Wildman–Crippen MR) is 58.9 cm³/mol. The molecule has 6 heteroatoms. The highest BCUT2D eigenvalue weighted by atomic mass is 32.2. The lowest BCUT2D eigenvalue weighted by Crippen LogP contribution is -2.44. The minimum atomic E-state index is -3.16. The molecule has 1 spiro atoms. The molecule has 2 N–H and O–H groups in total. The summed E-state index contributed by atoms with van der Waals surface area (Å²) in [6.45, 7) is 0.906. The zero-order valence-corrected chi connectivity index (χ0v) is 10.1. The Morgan fingerprint density at radius 2 is 2.19 bits per heavy atom. The van der Waals surface area contributed by atoms with Gasteiger partial charge in [0.1, 0.15) is 0 Å². The lowest BCUT2D eigenvalue weighted by Gasteiger charge is -2.33. The third-order valence-corrected chi connectivity index (χ3v) is 5.80. The van der Waals surface area contributed by atoms with Gasteiger partial charge < -0.3 is 10.4 Å². The number of carbonyl (C=O) groups is 1. The molecular formula is C10H17NO4S. The van der Waals surface area contributed by atoms with Crippen molar-refractivity contribution in [1.82, 2.24) is 5.32 Å². The second-order valence-corrected chi connectivity index (χ2v) is 7.19. The van der Waals surface area contributed by atoms with Gasteiger partial charge in [-0.15, -0.1) is 0 Å². The normalized spacial score (nSPS) is 39.3. The van der Waals surface area contributed by atoms with E-state index in [0.717, 1.165) is 6.42 Å². The number of nitrogens with one attached hydrogen (secondary N) is 1. The lowest BCUT2D eigenvalue weighted by molar-refractivity contribution is -0.144. The maximum atomic E-state index is 11.7. The van der Waals surface area contributed by atoms with Gasteiger partial charge >= 0.3 is 5.97 Å². The summed E-state index contributed by atoms with van der Waals surface area (Å²) in [5.41, 5.74) is -0.570. The fraction of sp³-hybridized carbons (Fsp3) is 0.900. The van der Waals surface area contributed by atoms with Crippen molar-refractivity contribution in [2.45, 2.75) is 24.5 Å². The molecule has 0 aromatic rings. The quantitative estimate of drug-likeness (QED) is 0.710. The molecule has 3 unspecified atom stereocenters. The van der Waals surface area contributed by atoms with Gasteiger partial charge in [-0.1, -0.05) is 6.42 Å². The van der Waals surface area contributed by atoms with Gasteiger partial charge in [0.15, 0.2) is 9.84 Å². The van der Waals surface area contributed by atoms with E-state index in [2.05, 4.69) is 5.32 Å². The van der Waals surface area contributed by atoms with Crippen LogP contribution < -0.4 is 5.32 Å². The molecule has 0 bridgehead atoms. The zero-order valence-electron chi connectivity index (χ0n) is 9.27. The molecule has 1 aliphatic heterocycles. The molecule has 1 saturated carbocycles. The van der Waals surface area contributed by atoms with E-state index in [4.69, 9.17) is 0 Å². The number of hydrogen-bond donors (Lipinski definition) is 2. The van der Waals surface area contributed by atoms with Crippen LogP contribution in [-0.4, -0.2) is 44.1 Å². The monoisotopic (exact) mass is 247 g/mol. The Morgan fingerprint density at radius 1 is 1.50 bits per heavy atom. The largest absolute Gasteiger partial charge is 0.481 e. The molecule has 92 valence electrons. The summed E-state index contributed by atoms with van der Waals surface area (Å²) in [6, 6.07) is 0. The second kappa shape index (κ2) is 3.70. The number of carboxylic acids is 1. The van der Waals surface area contributed by atoms with Crippen LogP contribution in [0.3, 0.4) is 0 Å². The second-order valence-electron chi connectivity index (χ2n) is 4.97. The average Bonchev–Trinajstić information content (AvgIpc) is 2.72. The summed E-state index contributed by atoms with van der Waals surface area (Å²) in [4.78, 5) is 11.2. The van der Waals surface area contributed by atoms with E-state index in [9.17, 15) is 18.3 Å².